The molecule has 148 valence electrons. The van der Waals surface area contributed by atoms with Gasteiger partial charge in [-0.3, -0.25) is 9.69 Å². The summed E-state index contributed by atoms with van der Waals surface area (Å²) in [5.41, 5.74) is 0.0567. The predicted octanol–water partition coefficient (Wildman–Crippen LogP) is 1.80. The van der Waals surface area contributed by atoms with Crippen LogP contribution in [0.2, 0.25) is 0 Å². The van der Waals surface area contributed by atoms with Gasteiger partial charge in [-0.15, -0.1) is 0 Å². The van der Waals surface area contributed by atoms with E-state index in [0.29, 0.717) is 19.5 Å². The third-order valence-electron chi connectivity index (χ3n) is 5.46. The van der Waals surface area contributed by atoms with Gasteiger partial charge in [-0.1, -0.05) is 6.07 Å². The number of urea groups is 1. The number of nitrogens with zero attached hydrogens (tertiary/aromatic N) is 3. The van der Waals surface area contributed by atoms with Gasteiger partial charge in [-0.25, -0.2) is 13.6 Å². The Bertz CT molecular complexity index is 695. The number of likely N-dealkylation sites (N-methyl/N-ethyl adjacent to an activating group) is 2. The molecule has 2 atom stereocenters. The van der Waals surface area contributed by atoms with Crippen LogP contribution in [-0.4, -0.2) is 72.5 Å². The van der Waals surface area contributed by atoms with Gasteiger partial charge in [0, 0.05) is 45.3 Å². The van der Waals surface area contributed by atoms with Gasteiger partial charge in [0.25, 0.3) is 0 Å². The minimum atomic E-state index is -0.551. The van der Waals surface area contributed by atoms with Crippen molar-refractivity contribution in [2.24, 2.45) is 0 Å². The van der Waals surface area contributed by atoms with Crippen molar-refractivity contribution >= 4 is 11.9 Å². The monoisotopic (exact) mass is 380 g/mol. The Morgan fingerprint density at radius 1 is 1.26 bits per heavy atom. The summed E-state index contributed by atoms with van der Waals surface area (Å²) in [6.45, 7) is 2.06. The first-order chi connectivity index (χ1) is 12.9. The van der Waals surface area contributed by atoms with E-state index < -0.39 is 17.7 Å². The number of likely N-dealkylation sites (tertiary alicyclic amines) is 2. The van der Waals surface area contributed by atoms with Crippen LogP contribution in [-0.2, 0) is 11.3 Å². The standard InChI is InChI=1S/C19H26F2N4O2/c1-23-10-8-17(18(23)26)24(2)19(27)22-13-5-4-9-25(11-13)12-14-15(20)6-3-7-16(14)21/h3,6-7,13,17H,4-5,8-12H2,1-2H3,(H,22,27). The molecule has 1 aromatic carbocycles. The molecule has 2 heterocycles. The molecular formula is C19H26F2N4O2. The quantitative estimate of drug-likeness (QED) is 0.867. The molecule has 0 radical (unpaired) electrons. The van der Waals surface area contributed by atoms with Gasteiger partial charge < -0.3 is 15.1 Å². The largest absolute Gasteiger partial charge is 0.344 e. The minimum Gasteiger partial charge on any atom is -0.344 e. The highest BCUT2D eigenvalue weighted by molar-refractivity contribution is 5.88. The van der Waals surface area contributed by atoms with Crippen molar-refractivity contribution in [2.75, 3.05) is 33.7 Å². The summed E-state index contributed by atoms with van der Waals surface area (Å²) in [4.78, 5) is 29.6. The zero-order valence-corrected chi connectivity index (χ0v) is 15.8. The normalized spacial score (nSPS) is 23.6. The van der Waals surface area contributed by atoms with Gasteiger partial charge in [-0.2, -0.15) is 0 Å². The second-order valence-electron chi connectivity index (χ2n) is 7.40. The van der Waals surface area contributed by atoms with Crippen LogP contribution in [0.3, 0.4) is 0 Å². The molecule has 8 heteroatoms. The highest BCUT2D eigenvalue weighted by Gasteiger charge is 2.35. The number of nitrogens with one attached hydrogen (secondary N) is 1. The SMILES string of the molecule is CN1CCC(N(C)C(=O)NC2CCCN(Cc3c(F)cccc3F)C2)C1=O. The van der Waals surface area contributed by atoms with Crippen LogP contribution in [0.5, 0.6) is 0 Å². The Labute approximate surface area is 158 Å². The zero-order valence-electron chi connectivity index (χ0n) is 15.8. The van der Waals surface area contributed by atoms with E-state index in [-0.39, 0.29) is 30.1 Å². The summed E-state index contributed by atoms with van der Waals surface area (Å²) in [5, 5.41) is 2.96. The van der Waals surface area contributed by atoms with E-state index in [1.807, 2.05) is 4.90 Å². The lowest BCUT2D eigenvalue weighted by Gasteiger charge is -2.34. The molecule has 1 N–H and O–H groups in total. The maximum atomic E-state index is 13.9. The third-order valence-corrected chi connectivity index (χ3v) is 5.46. The molecule has 0 saturated carbocycles. The molecule has 3 amide bonds. The molecule has 2 unspecified atom stereocenters. The fourth-order valence-electron chi connectivity index (χ4n) is 3.81. The molecule has 0 bridgehead atoms. The first kappa shape index (κ1) is 19.5. The van der Waals surface area contributed by atoms with Gasteiger partial charge >= 0.3 is 6.03 Å². The Hall–Kier alpha value is -2.22. The summed E-state index contributed by atoms with van der Waals surface area (Å²) in [5.74, 6) is -1.15. The number of carbonyl (C=O) groups is 2. The van der Waals surface area contributed by atoms with Crippen molar-refractivity contribution in [3.63, 3.8) is 0 Å². The van der Waals surface area contributed by atoms with Gasteiger partial charge in [-0.05, 0) is 37.9 Å². The first-order valence-electron chi connectivity index (χ1n) is 9.30. The Morgan fingerprint density at radius 3 is 2.59 bits per heavy atom. The summed E-state index contributed by atoms with van der Waals surface area (Å²) in [6.07, 6.45) is 2.26. The second kappa shape index (κ2) is 8.21. The van der Waals surface area contributed by atoms with Gasteiger partial charge in [0.15, 0.2) is 0 Å². The molecule has 0 aliphatic carbocycles. The number of halogens is 2. The number of carbonyl (C=O) groups excluding carboxylic acids is 2. The molecule has 3 rings (SSSR count). The number of rotatable bonds is 4. The van der Waals surface area contributed by atoms with Crippen LogP contribution in [0, 0.1) is 11.6 Å². The summed E-state index contributed by atoms with van der Waals surface area (Å²) in [6, 6.07) is 3.04. The Kier molecular flexibility index (Phi) is 5.94. The highest BCUT2D eigenvalue weighted by atomic mass is 19.1. The molecule has 2 saturated heterocycles. The van der Waals surface area contributed by atoms with E-state index >= 15 is 0 Å². The summed E-state index contributed by atoms with van der Waals surface area (Å²) < 4.78 is 27.8. The zero-order chi connectivity index (χ0) is 19.6. The van der Waals surface area contributed by atoms with Crippen LogP contribution in [0.4, 0.5) is 13.6 Å². The molecule has 0 spiro atoms. The Balaban J connectivity index is 1.56. The number of piperidine rings is 1. The van der Waals surface area contributed by atoms with Crippen molar-refractivity contribution in [2.45, 2.75) is 37.9 Å². The fourth-order valence-corrected chi connectivity index (χ4v) is 3.81. The molecule has 1 aromatic rings. The summed E-state index contributed by atoms with van der Waals surface area (Å²) >= 11 is 0. The lowest BCUT2D eigenvalue weighted by molar-refractivity contribution is -0.129. The van der Waals surface area contributed by atoms with E-state index in [1.165, 1.54) is 23.1 Å². The maximum absolute atomic E-state index is 13.9. The van der Waals surface area contributed by atoms with Crippen LogP contribution in [0.15, 0.2) is 18.2 Å². The Morgan fingerprint density at radius 2 is 1.96 bits per heavy atom. The van der Waals surface area contributed by atoms with Crippen molar-refractivity contribution < 1.29 is 18.4 Å². The van der Waals surface area contributed by atoms with E-state index in [4.69, 9.17) is 0 Å². The topological polar surface area (TPSA) is 55.9 Å². The van der Waals surface area contributed by atoms with Crippen molar-refractivity contribution in [3.05, 3.63) is 35.4 Å². The molecule has 6 nitrogen and oxygen atoms in total. The van der Waals surface area contributed by atoms with Gasteiger partial charge in [0.1, 0.15) is 17.7 Å². The smallest absolute Gasteiger partial charge is 0.318 e. The van der Waals surface area contributed by atoms with Crippen molar-refractivity contribution in [3.8, 4) is 0 Å². The van der Waals surface area contributed by atoms with E-state index in [1.54, 1.807) is 19.0 Å². The van der Waals surface area contributed by atoms with Gasteiger partial charge in [0.05, 0.1) is 0 Å². The lowest BCUT2D eigenvalue weighted by Crippen LogP contribution is -2.53. The molecule has 2 aliphatic heterocycles. The maximum Gasteiger partial charge on any atom is 0.318 e. The van der Waals surface area contributed by atoms with Crippen LogP contribution >= 0.6 is 0 Å². The number of hydrogen-bond donors (Lipinski definition) is 1. The summed E-state index contributed by atoms with van der Waals surface area (Å²) in [7, 11) is 3.36. The van der Waals surface area contributed by atoms with Crippen LogP contribution < -0.4 is 5.32 Å². The highest BCUT2D eigenvalue weighted by Crippen LogP contribution is 2.19. The predicted molar refractivity (Wildman–Crippen MR) is 97.0 cm³/mol. The van der Waals surface area contributed by atoms with E-state index in [2.05, 4.69) is 5.32 Å². The van der Waals surface area contributed by atoms with Crippen molar-refractivity contribution in [1.29, 1.82) is 0 Å². The van der Waals surface area contributed by atoms with E-state index in [0.717, 1.165) is 19.4 Å². The molecule has 2 aliphatic rings. The molecule has 0 aromatic heterocycles. The number of benzene rings is 1. The van der Waals surface area contributed by atoms with Gasteiger partial charge in [0.2, 0.25) is 5.91 Å². The number of hydrogen-bond acceptors (Lipinski definition) is 3. The molecule has 27 heavy (non-hydrogen) atoms. The fraction of sp³-hybridized carbons (Fsp3) is 0.579. The van der Waals surface area contributed by atoms with Crippen LogP contribution in [0.25, 0.3) is 0 Å². The van der Waals surface area contributed by atoms with E-state index in [9.17, 15) is 18.4 Å². The molecule has 2 fully saturated rings. The molecular weight excluding hydrogens is 354 g/mol. The minimum absolute atomic E-state index is 0.0482. The van der Waals surface area contributed by atoms with Crippen molar-refractivity contribution in [1.82, 2.24) is 20.0 Å². The average molecular weight is 380 g/mol. The second-order valence-corrected chi connectivity index (χ2v) is 7.40. The lowest BCUT2D eigenvalue weighted by atomic mass is 10.0. The number of amides is 3. The average Bonchev–Trinajstić information content (AvgIpc) is 2.97. The third kappa shape index (κ3) is 4.37. The first-order valence-corrected chi connectivity index (χ1v) is 9.30. The van der Waals surface area contributed by atoms with Crippen LogP contribution in [0.1, 0.15) is 24.8 Å².